The first-order valence-corrected chi connectivity index (χ1v) is 16.2. The zero-order valence-electron chi connectivity index (χ0n) is 26.1. The third kappa shape index (κ3) is 5.78. The Bertz CT molecular complexity index is 1280. The molecule has 1 aliphatic heterocycles. The van der Waals surface area contributed by atoms with Crippen LogP contribution in [0.2, 0.25) is 0 Å². The van der Waals surface area contributed by atoms with Crippen LogP contribution in [-0.4, -0.2) is 41.2 Å². The molecule has 2 aromatic carbocycles. The second-order valence-electron chi connectivity index (χ2n) is 14.6. The average molecular weight is 573 g/mol. The van der Waals surface area contributed by atoms with Crippen LogP contribution in [0.1, 0.15) is 119 Å². The van der Waals surface area contributed by atoms with E-state index in [9.17, 15) is 9.59 Å². The Morgan fingerprint density at radius 3 is 2.19 bits per heavy atom. The van der Waals surface area contributed by atoms with E-state index in [1.165, 1.54) is 24.8 Å². The summed E-state index contributed by atoms with van der Waals surface area (Å²) in [6, 6.07) is 13.8. The van der Waals surface area contributed by atoms with Gasteiger partial charge in [-0.05, 0) is 131 Å². The Morgan fingerprint density at radius 2 is 1.62 bits per heavy atom. The second-order valence-corrected chi connectivity index (χ2v) is 14.6. The zero-order valence-corrected chi connectivity index (χ0v) is 26.1. The molecule has 0 radical (unpaired) electrons. The summed E-state index contributed by atoms with van der Waals surface area (Å²) in [4.78, 5) is 29.4. The number of fused-ring (bicyclic) bond motifs is 1. The van der Waals surface area contributed by atoms with Gasteiger partial charge in [0.1, 0.15) is 11.4 Å². The van der Waals surface area contributed by atoms with Gasteiger partial charge in [-0.3, -0.25) is 9.69 Å². The van der Waals surface area contributed by atoms with Crippen LogP contribution < -0.4 is 10.1 Å². The van der Waals surface area contributed by atoms with Crippen LogP contribution in [0.5, 0.6) is 5.75 Å². The molecule has 42 heavy (non-hydrogen) atoms. The predicted molar refractivity (Wildman–Crippen MR) is 165 cm³/mol. The molecule has 0 aromatic heterocycles. The molecule has 0 spiro atoms. The van der Waals surface area contributed by atoms with Crippen LogP contribution in [0.25, 0.3) is 0 Å². The van der Waals surface area contributed by atoms with E-state index in [0.717, 1.165) is 79.6 Å². The number of hydrogen-bond acceptors (Lipinski definition) is 4. The molecule has 2 atom stereocenters. The number of amides is 2. The topological polar surface area (TPSA) is 67.9 Å². The van der Waals surface area contributed by atoms with Gasteiger partial charge in [-0.1, -0.05) is 38.0 Å². The summed E-state index contributed by atoms with van der Waals surface area (Å²) in [5.41, 5.74) is 3.33. The predicted octanol–water partition coefficient (Wildman–Crippen LogP) is 7.84. The van der Waals surface area contributed by atoms with Gasteiger partial charge in [0.05, 0.1) is 13.2 Å². The van der Waals surface area contributed by atoms with Gasteiger partial charge in [0.15, 0.2) is 0 Å². The van der Waals surface area contributed by atoms with Crippen LogP contribution in [-0.2, 0) is 11.2 Å². The lowest BCUT2D eigenvalue weighted by Crippen LogP contribution is -2.59. The van der Waals surface area contributed by atoms with Crippen molar-refractivity contribution in [2.75, 3.05) is 7.11 Å². The summed E-state index contributed by atoms with van der Waals surface area (Å²) in [6.07, 6.45) is 10.9. The van der Waals surface area contributed by atoms with Gasteiger partial charge in [-0.25, -0.2) is 4.79 Å². The standard InChI is InChI=1S/C36H48N2O4/c1-6-7-8-29-18-28-19-30(41-5)13-14-31(28)32(38(29)34(40)42-35(2,3)4)26-9-11-27(12-10-26)33(39)37-36-20-23-15-24(21-36)17-25(16-23)22-36/h9-14,19,23-25,29,32H,6-8,15-18,20-22H2,1-5H3,(H,37,39)/t23?,24?,25?,29-,32-,36?/m0/s1. The van der Waals surface area contributed by atoms with Crippen molar-refractivity contribution < 1.29 is 19.1 Å². The third-order valence-corrected chi connectivity index (χ3v) is 10.2. The highest BCUT2D eigenvalue weighted by Crippen LogP contribution is 2.55. The highest BCUT2D eigenvalue weighted by molar-refractivity contribution is 5.94. The first-order valence-electron chi connectivity index (χ1n) is 16.2. The Morgan fingerprint density at radius 1 is 0.976 bits per heavy atom. The molecule has 4 saturated carbocycles. The highest BCUT2D eigenvalue weighted by atomic mass is 16.6. The molecule has 0 saturated heterocycles. The monoisotopic (exact) mass is 572 g/mol. The van der Waals surface area contributed by atoms with Crippen molar-refractivity contribution in [2.24, 2.45) is 17.8 Å². The minimum Gasteiger partial charge on any atom is -0.497 e. The summed E-state index contributed by atoms with van der Waals surface area (Å²) >= 11 is 0. The number of methoxy groups -OCH3 is 1. The summed E-state index contributed by atoms with van der Waals surface area (Å²) in [7, 11) is 1.69. The van der Waals surface area contributed by atoms with Crippen LogP contribution in [0.4, 0.5) is 4.79 Å². The number of nitrogens with zero attached hydrogens (tertiary/aromatic N) is 1. The smallest absolute Gasteiger partial charge is 0.411 e. The lowest BCUT2D eigenvalue weighted by atomic mass is 9.53. The molecule has 6 nitrogen and oxygen atoms in total. The molecule has 2 aromatic rings. The Balaban J connectivity index is 1.31. The minimum atomic E-state index is -0.601. The molecule has 4 bridgehead atoms. The Hall–Kier alpha value is -3.02. The Kier molecular flexibility index (Phi) is 7.78. The summed E-state index contributed by atoms with van der Waals surface area (Å²) in [5, 5.41) is 3.51. The van der Waals surface area contributed by atoms with E-state index < -0.39 is 5.60 Å². The summed E-state index contributed by atoms with van der Waals surface area (Å²) in [5.74, 6) is 3.20. The van der Waals surface area contributed by atoms with E-state index in [4.69, 9.17) is 9.47 Å². The fourth-order valence-electron chi connectivity index (χ4n) is 8.85. The normalized spacial score (nSPS) is 29.6. The fraction of sp³-hybridized carbons (Fsp3) is 0.611. The number of nitrogens with one attached hydrogen (secondary N) is 1. The number of unbranched alkanes of at least 4 members (excludes halogenated alkanes) is 1. The van der Waals surface area contributed by atoms with Crippen molar-refractivity contribution in [3.05, 3.63) is 64.7 Å². The van der Waals surface area contributed by atoms with Crippen molar-refractivity contribution in [1.82, 2.24) is 10.2 Å². The average Bonchev–Trinajstić information content (AvgIpc) is 2.93. The van der Waals surface area contributed by atoms with Gasteiger partial charge >= 0.3 is 6.09 Å². The SMILES string of the molecule is CCCC[C@H]1Cc2cc(OC)ccc2[C@H](c2ccc(C(=O)NC34CC5CC(CC(C5)C3)C4)cc2)N1C(=O)OC(C)(C)C. The van der Waals surface area contributed by atoms with Crippen molar-refractivity contribution in [1.29, 1.82) is 0 Å². The number of rotatable bonds is 7. The fourth-order valence-corrected chi connectivity index (χ4v) is 8.85. The van der Waals surface area contributed by atoms with Crippen LogP contribution >= 0.6 is 0 Å². The van der Waals surface area contributed by atoms with E-state index in [1.54, 1.807) is 7.11 Å². The van der Waals surface area contributed by atoms with Crippen molar-refractivity contribution >= 4 is 12.0 Å². The molecule has 4 fully saturated rings. The first-order chi connectivity index (χ1) is 20.1. The van der Waals surface area contributed by atoms with Gasteiger partial charge in [0, 0.05) is 17.1 Å². The quantitative estimate of drug-likeness (QED) is 0.367. The lowest BCUT2D eigenvalue weighted by Gasteiger charge is -2.56. The molecule has 4 aliphatic carbocycles. The molecular weight excluding hydrogens is 524 g/mol. The van der Waals surface area contributed by atoms with E-state index in [1.807, 2.05) is 56.0 Å². The van der Waals surface area contributed by atoms with Gasteiger partial charge in [-0.15, -0.1) is 0 Å². The third-order valence-electron chi connectivity index (χ3n) is 10.2. The number of benzene rings is 2. The molecule has 6 heteroatoms. The van der Waals surface area contributed by atoms with Gasteiger partial charge in [-0.2, -0.15) is 0 Å². The van der Waals surface area contributed by atoms with Crippen LogP contribution in [0, 0.1) is 17.8 Å². The Labute approximate surface area is 251 Å². The van der Waals surface area contributed by atoms with Crippen molar-refractivity contribution in [3.63, 3.8) is 0 Å². The first kappa shape index (κ1) is 29.1. The molecule has 0 unspecified atom stereocenters. The molecular formula is C36H48N2O4. The van der Waals surface area contributed by atoms with Gasteiger partial charge in [0.25, 0.3) is 5.91 Å². The summed E-state index contributed by atoms with van der Waals surface area (Å²) < 4.78 is 11.6. The zero-order chi connectivity index (χ0) is 29.6. The van der Waals surface area contributed by atoms with E-state index >= 15 is 0 Å². The molecule has 5 aliphatic rings. The minimum absolute atomic E-state index is 0.00321. The van der Waals surface area contributed by atoms with Crippen LogP contribution in [0.3, 0.4) is 0 Å². The maximum Gasteiger partial charge on any atom is 0.411 e. The van der Waals surface area contributed by atoms with Crippen molar-refractivity contribution in [3.8, 4) is 5.75 Å². The molecule has 1 N–H and O–H groups in total. The molecule has 1 heterocycles. The second kappa shape index (κ2) is 11.2. The maximum atomic E-state index is 13.8. The maximum absolute atomic E-state index is 13.8. The lowest BCUT2D eigenvalue weighted by molar-refractivity contribution is -0.0167. The van der Waals surface area contributed by atoms with Crippen LogP contribution in [0.15, 0.2) is 42.5 Å². The number of carbonyl (C=O) groups excluding carboxylic acids is 2. The summed E-state index contributed by atoms with van der Waals surface area (Å²) in [6.45, 7) is 7.94. The van der Waals surface area contributed by atoms with Crippen molar-refractivity contribution in [2.45, 2.75) is 115 Å². The van der Waals surface area contributed by atoms with E-state index in [0.29, 0.717) is 5.56 Å². The molecule has 2 amide bonds. The molecule has 226 valence electrons. The van der Waals surface area contributed by atoms with E-state index in [2.05, 4.69) is 24.4 Å². The largest absolute Gasteiger partial charge is 0.497 e. The molecule has 7 rings (SSSR count). The van der Waals surface area contributed by atoms with Gasteiger partial charge in [0.2, 0.25) is 0 Å². The number of ether oxygens (including phenoxy) is 2. The van der Waals surface area contributed by atoms with E-state index in [-0.39, 0.29) is 29.6 Å². The van der Waals surface area contributed by atoms with Gasteiger partial charge < -0.3 is 14.8 Å². The number of hydrogen-bond donors (Lipinski definition) is 1. The highest BCUT2D eigenvalue weighted by Gasteiger charge is 2.51. The number of carbonyl (C=O) groups is 2.